The van der Waals surface area contributed by atoms with Crippen molar-refractivity contribution >= 4 is 11.7 Å². The number of carbonyl (C=O) groups excluding carboxylic acids is 1. The Morgan fingerprint density at radius 2 is 2.15 bits per heavy atom. The number of nitrogens with zero attached hydrogens (tertiary/aromatic N) is 2. The van der Waals surface area contributed by atoms with Crippen molar-refractivity contribution in [2.24, 2.45) is 0 Å². The third-order valence-corrected chi connectivity index (χ3v) is 3.12. The van der Waals surface area contributed by atoms with Gasteiger partial charge in [0, 0.05) is 6.07 Å². The summed E-state index contributed by atoms with van der Waals surface area (Å²) >= 11 is 0. The molecule has 108 valence electrons. The van der Waals surface area contributed by atoms with E-state index in [-0.39, 0.29) is 11.9 Å². The Morgan fingerprint density at radius 3 is 2.70 bits per heavy atom. The molecule has 6 heteroatoms. The molecular weight excluding hydrogens is 258 g/mol. The van der Waals surface area contributed by atoms with Gasteiger partial charge in [0.15, 0.2) is 5.82 Å². The molecule has 0 aliphatic carbocycles. The Bertz CT molecular complexity index is 588. The van der Waals surface area contributed by atoms with Gasteiger partial charge >= 0.3 is 0 Å². The molecular formula is C14H19N3O3. The highest BCUT2D eigenvalue weighted by Gasteiger charge is 2.20. The second kappa shape index (κ2) is 5.92. The maximum Gasteiger partial charge on any atom is 0.242 e. The van der Waals surface area contributed by atoms with E-state index in [1.54, 1.807) is 13.0 Å². The summed E-state index contributed by atoms with van der Waals surface area (Å²) in [6.07, 6.45) is 0. The second-order valence-electron chi connectivity index (χ2n) is 4.92. The number of furan rings is 1. The summed E-state index contributed by atoms with van der Waals surface area (Å²) in [4.78, 5) is 14.0. The van der Waals surface area contributed by atoms with Crippen LogP contribution in [0.5, 0.6) is 0 Å². The number of aromatic nitrogens is 1. The lowest BCUT2D eigenvalue weighted by molar-refractivity contribution is -0.120. The van der Waals surface area contributed by atoms with Crippen molar-refractivity contribution < 1.29 is 13.7 Å². The van der Waals surface area contributed by atoms with Crippen molar-refractivity contribution in [1.82, 2.24) is 10.1 Å². The summed E-state index contributed by atoms with van der Waals surface area (Å²) in [5, 5.41) is 6.46. The fourth-order valence-electron chi connectivity index (χ4n) is 1.81. The molecule has 2 rings (SSSR count). The molecule has 0 radical (unpaired) electrons. The van der Waals surface area contributed by atoms with Crippen LogP contribution in [0.2, 0.25) is 0 Å². The highest BCUT2D eigenvalue weighted by Crippen LogP contribution is 2.12. The maximum absolute atomic E-state index is 12.1. The topological polar surface area (TPSA) is 71.5 Å². The molecule has 0 spiro atoms. The molecule has 6 nitrogen and oxygen atoms in total. The number of nitrogens with one attached hydrogen (secondary N) is 1. The van der Waals surface area contributed by atoms with Crippen LogP contribution in [0.1, 0.15) is 24.2 Å². The predicted molar refractivity (Wildman–Crippen MR) is 74.2 cm³/mol. The number of rotatable bonds is 5. The Hall–Kier alpha value is -2.08. The first-order valence-electron chi connectivity index (χ1n) is 6.45. The minimum absolute atomic E-state index is 0.135. The molecule has 0 fully saturated rings. The molecule has 0 aliphatic rings. The van der Waals surface area contributed by atoms with E-state index >= 15 is 0 Å². The molecule has 2 aromatic rings. The van der Waals surface area contributed by atoms with Crippen molar-refractivity contribution in [2.45, 2.75) is 33.4 Å². The monoisotopic (exact) mass is 277 g/mol. The number of likely N-dealkylation sites (N-methyl/N-ethyl adjacent to an activating group) is 1. The summed E-state index contributed by atoms with van der Waals surface area (Å²) in [5.74, 6) is 2.66. The minimum Gasteiger partial charge on any atom is -0.465 e. The van der Waals surface area contributed by atoms with E-state index < -0.39 is 0 Å². The smallest absolute Gasteiger partial charge is 0.242 e. The van der Waals surface area contributed by atoms with Crippen molar-refractivity contribution in [1.29, 1.82) is 0 Å². The number of anilines is 1. The van der Waals surface area contributed by atoms with E-state index in [1.165, 1.54) is 0 Å². The molecule has 1 unspecified atom stereocenters. The van der Waals surface area contributed by atoms with Gasteiger partial charge in [-0.2, -0.15) is 0 Å². The molecule has 0 aromatic carbocycles. The van der Waals surface area contributed by atoms with Gasteiger partial charge in [0.25, 0.3) is 0 Å². The summed E-state index contributed by atoms with van der Waals surface area (Å²) in [5.41, 5.74) is 0. The number of hydrogen-bond donors (Lipinski definition) is 1. The van der Waals surface area contributed by atoms with Crippen LogP contribution in [0.3, 0.4) is 0 Å². The highest BCUT2D eigenvalue weighted by molar-refractivity contribution is 5.93. The third-order valence-electron chi connectivity index (χ3n) is 3.12. The average Bonchev–Trinajstić information content (AvgIpc) is 2.97. The van der Waals surface area contributed by atoms with Crippen LogP contribution in [0.15, 0.2) is 27.1 Å². The van der Waals surface area contributed by atoms with Crippen molar-refractivity contribution in [3.8, 4) is 0 Å². The van der Waals surface area contributed by atoms with Crippen LogP contribution in [0, 0.1) is 13.8 Å². The van der Waals surface area contributed by atoms with Gasteiger partial charge in [-0.25, -0.2) is 0 Å². The van der Waals surface area contributed by atoms with Crippen LogP contribution in [0.4, 0.5) is 5.82 Å². The van der Waals surface area contributed by atoms with Gasteiger partial charge < -0.3 is 14.3 Å². The summed E-state index contributed by atoms with van der Waals surface area (Å²) in [6.45, 7) is 6.07. The molecule has 1 amide bonds. The van der Waals surface area contributed by atoms with Crippen LogP contribution in [-0.2, 0) is 11.3 Å². The van der Waals surface area contributed by atoms with Crippen molar-refractivity contribution in [3.63, 3.8) is 0 Å². The zero-order chi connectivity index (χ0) is 14.7. The molecule has 0 aliphatic heterocycles. The number of aryl methyl sites for hydroxylation is 2. The molecule has 2 aromatic heterocycles. The van der Waals surface area contributed by atoms with E-state index in [0.29, 0.717) is 18.1 Å². The Morgan fingerprint density at radius 1 is 1.40 bits per heavy atom. The Balaban J connectivity index is 1.92. The van der Waals surface area contributed by atoms with Gasteiger partial charge in [-0.3, -0.25) is 9.69 Å². The fourth-order valence-corrected chi connectivity index (χ4v) is 1.81. The SMILES string of the molecule is Cc1cc(NC(=O)C(C)N(C)Cc2ccc(C)o2)no1. The zero-order valence-electron chi connectivity index (χ0n) is 12.1. The minimum atomic E-state index is -0.308. The van der Waals surface area contributed by atoms with E-state index in [4.69, 9.17) is 8.94 Å². The molecule has 1 N–H and O–H groups in total. The molecule has 0 saturated heterocycles. The molecule has 20 heavy (non-hydrogen) atoms. The third kappa shape index (κ3) is 3.48. The van der Waals surface area contributed by atoms with Crippen molar-refractivity contribution in [3.05, 3.63) is 35.5 Å². The lowest BCUT2D eigenvalue weighted by Crippen LogP contribution is -2.39. The zero-order valence-corrected chi connectivity index (χ0v) is 12.1. The first kappa shape index (κ1) is 14.3. The second-order valence-corrected chi connectivity index (χ2v) is 4.92. The molecule has 0 bridgehead atoms. The van der Waals surface area contributed by atoms with E-state index in [1.807, 2.05) is 37.9 Å². The van der Waals surface area contributed by atoms with Gasteiger partial charge in [0.05, 0.1) is 12.6 Å². The van der Waals surface area contributed by atoms with E-state index in [0.717, 1.165) is 11.5 Å². The molecule has 1 atom stereocenters. The lowest BCUT2D eigenvalue weighted by atomic mass is 10.2. The normalized spacial score (nSPS) is 12.7. The number of hydrogen-bond acceptors (Lipinski definition) is 5. The Kier molecular flexibility index (Phi) is 4.24. The van der Waals surface area contributed by atoms with Gasteiger partial charge in [-0.1, -0.05) is 5.16 Å². The molecule has 2 heterocycles. The fraction of sp³-hybridized carbons (Fsp3) is 0.429. The maximum atomic E-state index is 12.1. The highest BCUT2D eigenvalue weighted by atomic mass is 16.5. The van der Waals surface area contributed by atoms with Crippen LogP contribution < -0.4 is 5.32 Å². The number of carbonyl (C=O) groups is 1. The van der Waals surface area contributed by atoms with Crippen molar-refractivity contribution in [2.75, 3.05) is 12.4 Å². The first-order valence-corrected chi connectivity index (χ1v) is 6.45. The van der Waals surface area contributed by atoms with Gasteiger partial charge in [0.1, 0.15) is 17.3 Å². The molecule has 0 saturated carbocycles. The van der Waals surface area contributed by atoms with Crippen LogP contribution in [-0.4, -0.2) is 29.1 Å². The Labute approximate surface area is 117 Å². The average molecular weight is 277 g/mol. The quantitative estimate of drug-likeness (QED) is 0.908. The predicted octanol–water partition coefficient (Wildman–Crippen LogP) is 2.34. The largest absolute Gasteiger partial charge is 0.465 e. The summed E-state index contributed by atoms with van der Waals surface area (Å²) < 4.78 is 10.4. The first-order chi connectivity index (χ1) is 9.45. The number of amides is 1. The van der Waals surface area contributed by atoms with Gasteiger partial charge in [0.2, 0.25) is 5.91 Å². The standard InChI is InChI=1S/C14H19N3O3/c1-9-5-6-12(19-9)8-17(4)11(3)14(18)15-13-7-10(2)20-16-13/h5-7,11H,8H2,1-4H3,(H,15,16,18). The van der Waals surface area contributed by atoms with Crippen LogP contribution in [0.25, 0.3) is 0 Å². The lowest BCUT2D eigenvalue weighted by Gasteiger charge is -2.22. The summed E-state index contributed by atoms with van der Waals surface area (Å²) in [6, 6.07) is 5.20. The van der Waals surface area contributed by atoms with Crippen LogP contribution >= 0.6 is 0 Å². The van der Waals surface area contributed by atoms with Gasteiger partial charge in [-0.15, -0.1) is 0 Å². The van der Waals surface area contributed by atoms with E-state index in [9.17, 15) is 4.79 Å². The van der Waals surface area contributed by atoms with E-state index in [2.05, 4.69) is 10.5 Å². The van der Waals surface area contributed by atoms with Gasteiger partial charge in [-0.05, 0) is 40.0 Å². The summed E-state index contributed by atoms with van der Waals surface area (Å²) in [7, 11) is 1.87.